The molecule has 0 spiro atoms. The van der Waals surface area contributed by atoms with E-state index < -0.39 is 15.3 Å². The fourth-order valence-electron chi connectivity index (χ4n) is 5.67. The van der Waals surface area contributed by atoms with E-state index in [1.807, 2.05) is 10.9 Å². The Balaban J connectivity index is 1.38. The molecule has 3 aliphatic rings. The van der Waals surface area contributed by atoms with Crippen molar-refractivity contribution in [1.29, 1.82) is 0 Å². The SMILES string of the molecule is Cc1cc2c(cnn2-c2ccc(F)cc2)cc1[C@@]12CN(S(=O)(=O)C3COC3)C[C@@H]1[C@H]2C. The molecule has 31 heavy (non-hydrogen) atoms. The van der Waals surface area contributed by atoms with Gasteiger partial charge in [-0.15, -0.1) is 0 Å². The Morgan fingerprint density at radius 2 is 1.94 bits per heavy atom. The zero-order valence-electron chi connectivity index (χ0n) is 17.5. The van der Waals surface area contributed by atoms with Crippen molar-refractivity contribution in [3.05, 3.63) is 59.5 Å². The lowest BCUT2D eigenvalue weighted by atomic mass is 9.88. The quantitative estimate of drug-likeness (QED) is 0.624. The largest absolute Gasteiger partial charge is 0.378 e. The highest BCUT2D eigenvalue weighted by Gasteiger charge is 2.69. The first-order valence-corrected chi connectivity index (χ1v) is 12.1. The molecule has 2 saturated heterocycles. The number of rotatable bonds is 4. The number of benzene rings is 2. The molecule has 3 aromatic rings. The minimum atomic E-state index is -3.30. The second-order valence-corrected chi connectivity index (χ2v) is 11.4. The number of nitrogens with zero attached hydrogens (tertiary/aromatic N) is 3. The number of aryl methyl sites for hydroxylation is 1. The molecular weight excluding hydrogens is 417 g/mol. The molecular formula is C23H24FN3O3S. The van der Waals surface area contributed by atoms with Gasteiger partial charge in [-0.1, -0.05) is 6.92 Å². The molecule has 2 aromatic carbocycles. The van der Waals surface area contributed by atoms with Crippen LogP contribution in [0.25, 0.3) is 16.6 Å². The summed E-state index contributed by atoms with van der Waals surface area (Å²) < 4.78 is 47.9. The highest BCUT2D eigenvalue weighted by molar-refractivity contribution is 7.89. The van der Waals surface area contributed by atoms with Crippen LogP contribution < -0.4 is 0 Å². The van der Waals surface area contributed by atoms with Gasteiger partial charge < -0.3 is 4.74 Å². The predicted molar refractivity (Wildman–Crippen MR) is 115 cm³/mol. The molecule has 2 aliphatic heterocycles. The van der Waals surface area contributed by atoms with E-state index in [0.29, 0.717) is 38.1 Å². The predicted octanol–water partition coefficient (Wildman–Crippen LogP) is 3.02. The Kier molecular flexibility index (Phi) is 3.99. The van der Waals surface area contributed by atoms with Gasteiger partial charge in [-0.25, -0.2) is 21.8 Å². The molecule has 3 fully saturated rings. The number of aromatic nitrogens is 2. The van der Waals surface area contributed by atoms with Crippen LogP contribution >= 0.6 is 0 Å². The molecule has 0 N–H and O–H groups in total. The molecule has 1 aliphatic carbocycles. The van der Waals surface area contributed by atoms with E-state index in [0.717, 1.165) is 22.2 Å². The molecule has 3 heterocycles. The summed E-state index contributed by atoms with van der Waals surface area (Å²) in [6.45, 7) is 6.05. The summed E-state index contributed by atoms with van der Waals surface area (Å²) in [7, 11) is -3.30. The number of fused-ring (bicyclic) bond motifs is 2. The standard InChI is InChI=1S/C23H24FN3O3S/c1-14-7-22-16(9-25-27(22)18-5-3-17(24)4-6-18)8-20(14)23-13-26(10-21(23)15(23)2)31(28,29)19-11-30-12-19/h3-9,15,19,21H,10-13H2,1-2H3/t15-,21-,23+/m1/s1. The molecule has 1 aromatic heterocycles. The van der Waals surface area contributed by atoms with Crippen molar-refractivity contribution in [3.8, 4) is 5.69 Å². The average molecular weight is 442 g/mol. The van der Waals surface area contributed by atoms with Gasteiger partial charge in [0.25, 0.3) is 0 Å². The normalized spacial score (nSPS) is 28.6. The molecule has 1 saturated carbocycles. The van der Waals surface area contributed by atoms with Gasteiger partial charge >= 0.3 is 0 Å². The van der Waals surface area contributed by atoms with E-state index in [1.165, 1.54) is 17.7 Å². The third-order valence-electron chi connectivity index (χ3n) is 7.68. The van der Waals surface area contributed by atoms with Crippen LogP contribution in [0.15, 0.2) is 42.6 Å². The van der Waals surface area contributed by atoms with Gasteiger partial charge in [0.2, 0.25) is 10.0 Å². The molecule has 8 heteroatoms. The highest BCUT2D eigenvalue weighted by atomic mass is 32.2. The first-order valence-electron chi connectivity index (χ1n) is 10.6. The maximum Gasteiger partial charge on any atom is 0.221 e. The molecule has 0 radical (unpaired) electrons. The fourth-order valence-corrected chi connectivity index (χ4v) is 7.39. The maximum absolute atomic E-state index is 13.3. The lowest BCUT2D eigenvalue weighted by molar-refractivity contribution is 0.0392. The highest BCUT2D eigenvalue weighted by Crippen LogP contribution is 2.65. The maximum atomic E-state index is 13.3. The van der Waals surface area contributed by atoms with Crippen LogP contribution in [0.1, 0.15) is 18.1 Å². The summed E-state index contributed by atoms with van der Waals surface area (Å²) >= 11 is 0. The van der Waals surface area contributed by atoms with E-state index in [2.05, 4.69) is 31.1 Å². The fraction of sp³-hybridized carbons (Fsp3) is 0.435. The number of piperidine rings is 1. The monoisotopic (exact) mass is 441 g/mol. The molecule has 6 nitrogen and oxygen atoms in total. The van der Waals surface area contributed by atoms with Gasteiger partial charge in [0.1, 0.15) is 11.1 Å². The third-order valence-corrected chi connectivity index (χ3v) is 9.79. The molecule has 0 amide bonds. The van der Waals surface area contributed by atoms with Crippen LogP contribution in [0, 0.1) is 24.6 Å². The molecule has 6 rings (SSSR count). The van der Waals surface area contributed by atoms with Crippen molar-refractivity contribution < 1.29 is 17.5 Å². The van der Waals surface area contributed by atoms with Gasteiger partial charge in [-0.05, 0) is 66.3 Å². The first-order chi connectivity index (χ1) is 14.8. The Hall–Kier alpha value is -2.29. The van der Waals surface area contributed by atoms with Gasteiger partial charge in [-0.3, -0.25) is 0 Å². The second kappa shape index (κ2) is 6.37. The van der Waals surface area contributed by atoms with Crippen molar-refractivity contribution in [3.63, 3.8) is 0 Å². The number of sulfonamides is 1. The van der Waals surface area contributed by atoms with Gasteiger partial charge in [0, 0.05) is 23.9 Å². The van der Waals surface area contributed by atoms with E-state index in [9.17, 15) is 12.8 Å². The number of ether oxygens (including phenoxy) is 1. The molecule has 162 valence electrons. The Morgan fingerprint density at radius 1 is 1.19 bits per heavy atom. The lowest BCUT2D eigenvalue weighted by Crippen LogP contribution is -2.49. The average Bonchev–Trinajstić information content (AvgIpc) is 3.05. The topological polar surface area (TPSA) is 64.4 Å². The van der Waals surface area contributed by atoms with Crippen LogP contribution in [0.4, 0.5) is 4.39 Å². The van der Waals surface area contributed by atoms with Gasteiger partial charge in [0.15, 0.2) is 0 Å². The first kappa shape index (κ1) is 19.4. The Bertz CT molecular complexity index is 1300. The van der Waals surface area contributed by atoms with E-state index >= 15 is 0 Å². The van der Waals surface area contributed by atoms with Crippen molar-refractivity contribution in [2.75, 3.05) is 26.3 Å². The second-order valence-electron chi connectivity index (χ2n) is 9.19. The smallest absolute Gasteiger partial charge is 0.221 e. The van der Waals surface area contributed by atoms with Crippen LogP contribution in [0.2, 0.25) is 0 Å². The summed E-state index contributed by atoms with van der Waals surface area (Å²) in [6.07, 6.45) is 1.83. The third kappa shape index (κ3) is 2.61. The molecule has 0 bridgehead atoms. The summed E-state index contributed by atoms with van der Waals surface area (Å²) in [5, 5.41) is 5.14. The van der Waals surface area contributed by atoms with Crippen molar-refractivity contribution in [2.24, 2.45) is 11.8 Å². The van der Waals surface area contributed by atoms with E-state index in [4.69, 9.17) is 4.74 Å². The van der Waals surface area contributed by atoms with E-state index in [-0.39, 0.29) is 11.2 Å². The Labute approximate surface area is 180 Å². The summed E-state index contributed by atoms with van der Waals surface area (Å²) in [5.41, 5.74) is 3.99. The number of hydrogen-bond donors (Lipinski definition) is 0. The zero-order chi connectivity index (χ0) is 21.5. The van der Waals surface area contributed by atoms with Crippen molar-refractivity contribution in [2.45, 2.75) is 24.5 Å². The van der Waals surface area contributed by atoms with Gasteiger partial charge in [-0.2, -0.15) is 5.10 Å². The van der Waals surface area contributed by atoms with Crippen molar-refractivity contribution in [1.82, 2.24) is 14.1 Å². The Morgan fingerprint density at radius 3 is 2.61 bits per heavy atom. The van der Waals surface area contributed by atoms with Crippen LogP contribution in [0.5, 0.6) is 0 Å². The van der Waals surface area contributed by atoms with Crippen LogP contribution in [0.3, 0.4) is 0 Å². The van der Waals surface area contributed by atoms with Crippen molar-refractivity contribution >= 4 is 20.9 Å². The van der Waals surface area contributed by atoms with Crippen LogP contribution in [-0.4, -0.2) is 54.1 Å². The molecule has 0 unspecified atom stereocenters. The van der Waals surface area contributed by atoms with E-state index in [1.54, 1.807) is 16.4 Å². The minimum Gasteiger partial charge on any atom is -0.378 e. The summed E-state index contributed by atoms with van der Waals surface area (Å²) in [4.78, 5) is 0. The van der Waals surface area contributed by atoms with Gasteiger partial charge in [0.05, 0.1) is 30.6 Å². The minimum absolute atomic E-state index is 0.131. The summed E-state index contributed by atoms with van der Waals surface area (Å²) in [5.74, 6) is 0.507. The summed E-state index contributed by atoms with van der Waals surface area (Å²) in [6, 6.07) is 10.6. The number of hydrogen-bond acceptors (Lipinski definition) is 4. The van der Waals surface area contributed by atoms with Crippen LogP contribution in [-0.2, 0) is 20.2 Å². The number of halogens is 1. The lowest BCUT2D eigenvalue weighted by Gasteiger charge is -2.32. The zero-order valence-corrected chi connectivity index (χ0v) is 18.3. The molecule has 3 atom stereocenters.